The highest BCUT2D eigenvalue weighted by molar-refractivity contribution is 5.96. The molecule has 1 aliphatic heterocycles. The van der Waals surface area contributed by atoms with Crippen molar-refractivity contribution in [1.82, 2.24) is 10.2 Å². The standard InChI is InChI=1S/C13H13N3O2.C2H6/c14-8-10-2-4-11(5-3-10)13(18)15-9-12(17)16-6-1-7-16;1-2/h2-5H,1,6-7,9H2,(H,15,18);1-2H3. The Morgan fingerprint density at radius 2 is 1.85 bits per heavy atom. The highest BCUT2D eigenvalue weighted by Crippen LogP contribution is 2.06. The van der Waals surface area contributed by atoms with Crippen LogP contribution in [0, 0.1) is 11.3 Å². The van der Waals surface area contributed by atoms with Crippen molar-refractivity contribution in [3.8, 4) is 6.07 Å². The molecule has 1 N–H and O–H groups in total. The lowest BCUT2D eigenvalue weighted by Gasteiger charge is -2.30. The van der Waals surface area contributed by atoms with E-state index in [1.165, 1.54) is 0 Å². The number of hydrogen-bond acceptors (Lipinski definition) is 3. The van der Waals surface area contributed by atoms with E-state index in [4.69, 9.17) is 5.26 Å². The number of amides is 2. The summed E-state index contributed by atoms with van der Waals surface area (Å²) >= 11 is 0. The first-order valence-corrected chi connectivity index (χ1v) is 6.77. The normalized spacial score (nSPS) is 12.3. The van der Waals surface area contributed by atoms with Crippen molar-refractivity contribution in [1.29, 1.82) is 5.26 Å². The first-order chi connectivity index (χ1) is 9.70. The molecule has 106 valence electrons. The summed E-state index contributed by atoms with van der Waals surface area (Å²) in [5, 5.41) is 11.2. The van der Waals surface area contributed by atoms with Crippen LogP contribution in [0.3, 0.4) is 0 Å². The van der Waals surface area contributed by atoms with Gasteiger partial charge in [0.05, 0.1) is 18.2 Å². The van der Waals surface area contributed by atoms with Gasteiger partial charge in [0, 0.05) is 18.7 Å². The Morgan fingerprint density at radius 1 is 1.25 bits per heavy atom. The van der Waals surface area contributed by atoms with Crippen LogP contribution in [0.1, 0.15) is 36.2 Å². The molecule has 20 heavy (non-hydrogen) atoms. The molecule has 0 spiro atoms. The molecule has 0 atom stereocenters. The second-order valence-electron chi connectivity index (χ2n) is 4.11. The topological polar surface area (TPSA) is 73.2 Å². The van der Waals surface area contributed by atoms with E-state index in [1.807, 2.05) is 19.9 Å². The molecular weight excluding hydrogens is 254 g/mol. The second-order valence-corrected chi connectivity index (χ2v) is 4.11. The maximum absolute atomic E-state index is 11.7. The monoisotopic (exact) mass is 273 g/mol. The van der Waals surface area contributed by atoms with E-state index in [2.05, 4.69) is 5.32 Å². The van der Waals surface area contributed by atoms with Gasteiger partial charge in [0.1, 0.15) is 0 Å². The minimum Gasteiger partial charge on any atom is -0.343 e. The van der Waals surface area contributed by atoms with Gasteiger partial charge in [-0.15, -0.1) is 0 Å². The van der Waals surface area contributed by atoms with Crippen LogP contribution in [-0.4, -0.2) is 36.3 Å². The fraction of sp³-hybridized carbons (Fsp3) is 0.400. The van der Waals surface area contributed by atoms with Crippen LogP contribution in [0.25, 0.3) is 0 Å². The Balaban J connectivity index is 0.000000956. The van der Waals surface area contributed by atoms with Crippen molar-refractivity contribution < 1.29 is 9.59 Å². The average Bonchev–Trinajstić information content (AvgIpc) is 2.45. The maximum atomic E-state index is 11.7. The summed E-state index contributed by atoms with van der Waals surface area (Å²) < 4.78 is 0. The number of rotatable bonds is 3. The first-order valence-electron chi connectivity index (χ1n) is 6.77. The molecule has 2 amide bonds. The Labute approximate surface area is 119 Å². The minimum absolute atomic E-state index is 0.0266. The molecule has 0 unspecified atom stereocenters. The summed E-state index contributed by atoms with van der Waals surface area (Å²) in [7, 11) is 0. The minimum atomic E-state index is -0.298. The highest BCUT2D eigenvalue weighted by atomic mass is 16.2. The Morgan fingerprint density at radius 3 is 2.30 bits per heavy atom. The van der Waals surface area contributed by atoms with E-state index >= 15 is 0 Å². The van der Waals surface area contributed by atoms with Crippen LogP contribution in [-0.2, 0) is 4.79 Å². The molecule has 0 aromatic heterocycles. The Kier molecular flexibility index (Phi) is 6.24. The zero-order valence-electron chi connectivity index (χ0n) is 11.8. The van der Waals surface area contributed by atoms with Crippen LogP contribution in [0.15, 0.2) is 24.3 Å². The van der Waals surface area contributed by atoms with Gasteiger partial charge in [0.2, 0.25) is 5.91 Å². The van der Waals surface area contributed by atoms with Crippen molar-refractivity contribution in [2.75, 3.05) is 19.6 Å². The van der Waals surface area contributed by atoms with Crippen LogP contribution in [0.2, 0.25) is 0 Å². The Hall–Kier alpha value is -2.35. The molecule has 1 aromatic carbocycles. The highest BCUT2D eigenvalue weighted by Gasteiger charge is 2.20. The van der Waals surface area contributed by atoms with Crippen LogP contribution >= 0.6 is 0 Å². The van der Waals surface area contributed by atoms with Crippen molar-refractivity contribution in [3.05, 3.63) is 35.4 Å². The maximum Gasteiger partial charge on any atom is 0.251 e. The smallest absolute Gasteiger partial charge is 0.251 e. The lowest BCUT2D eigenvalue weighted by molar-refractivity contribution is -0.133. The largest absolute Gasteiger partial charge is 0.343 e. The van der Waals surface area contributed by atoms with Crippen molar-refractivity contribution in [2.24, 2.45) is 0 Å². The zero-order chi connectivity index (χ0) is 15.0. The van der Waals surface area contributed by atoms with E-state index in [1.54, 1.807) is 29.2 Å². The van der Waals surface area contributed by atoms with Gasteiger partial charge in [0.25, 0.3) is 5.91 Å². The molecule has 5 heteroatoms. The quantitative estimate of drug-likeness (QED) is 0.908. The van der Waals surface area contributed by atoms with Gasteiger partial charge in [0.15, 0.2) is 0 Å². The number of carbonyl (C=O) groups excluding carboxylic acids is 2. The predicted octanol–water partition coefficient (Wildman–Crippen LogP) is 1.55. The van der Waals surface area contributed by atoms with E-state index in [9.17, 15) is 9.59 Å². The number of nitrogens with zero attached hydrogens (tertiary/aromatic N) is 2. The molecule has 1 fully saturated rings. The molecule has 0 radical (unpaired) electrons. The third-order valence-electron chi connectivity index (χ3n) is 2.89. The summed E-state index contributed by atoms with van der Waals surface area (Å²) in [6.45, 7) is 5.59. The third kappa shape index (κ3) is 4.09. The van der Waals surface area contributed by atoms with E-state index in [-0.39, 0.29) is 18.4 Å². The fourth-order valence-corrected chi connectivity index (χ4v) is 1.63. The third-order valence-corrected chi connectivity index (χ3v) is 2.89. The molecule has 0 saturated carbocycles. The van der Waals surface area contributed by atoms with Gasteiger partial charge >= 0.3 is 0 Å². The number of carbonyl (C=O) groups is 2. The zero-order valence-corrected chi connectivity index (χ0v) is 11.8. The van der Waals surface area contributed by atoms with Crippen LogP contribution in [0.5, 0.6) is 0 Å². The molecule has 0 bridgehead atoms. The summed E-state index contributed by atoms with van der Waals surface area (Å²) in [4.78, 5) is 25.0. The molecule has 1 heterocycles. The van der Waals surface area contributed by atoms with Crippen molar-refractivity contribution >= 4 is 11.8 Å². The second kappa shape index (κ2) is 7.95. The Bertz CT molecular complexity index is 499. The van der Waals surface area contributed by atoms with Gasteiger partial charge in [-0.25, -0.2) is 0 Å². The molecular formula is C15H19N3O2. The summed E-state index contributed by atoms with van der Waals surface area (Å²) in [6.07, 6.45) is 1.04. The number of benzene rings is 1. The van der Waals surface area contributed by atoms with E-state index in [0.717, 1.165) is 19.5 Å². The lowest BCUT2D eigenvalue weighted by Crippen LogP contribution is -2.47. The fourth-order valence-electron chi connectivity index (χ4n) is 1.63. The number of hydrogen-bond donors (Lipinski definition) is 1. The summed E-state index contributed by atoms with van der Waals surface area (Å²) in [5.74, 6) is -0.350. The molecule has 1 aromatic rings. The average molecular weight is 273 g/mol. The summed E-state index contributed by atoms with van der Waals surface area (Å²) in [5.41, 5.74) is 0.952. The van der Waals surface area contributed by atoms with Gasteiger partial charge in [-0.05, 0) is 30.7 Å². The molecule has 0 aliphatic carbocycles. The molecule has 5 nitrogen and oxygen atoms in total. The van der Waals surface area contributed by atoms with Gasteiger partial charge in [-0.1, -0.05) is 13.8 Å². The molecule has 1 saturated heterocycles. The molecule has 2 rings (SSSR count). The van der Waals surface area contributed by atoms with Gasteiger partial charge in [-0.3, -0.25) is 9.59 Å². The SMILES string of the molecule is CC.N#Cc1ccc(C(=O)NCC(=O)N2CCC2)cc1. The van der Waals surface area contributed by atoms with E-state index in [0.29, 0.717) is 11.1 Å². The van der Waals surface area contributed by atoms with Crippen LogP contribution < -0.4 is 5.32 Å². The van der Waals surface area contributed by atoms with Gasteiger partial charge in [-0.2, -0.15) is 5.26 Å². The lowest BCUT2D eigenvalue weighted by atomic mass is 10.1. The van der Waals surface area contributed by atoms with Crippen molar-refractivity contribution in [3.63, 3.8) is 0 Å². The summed E-state index contributed by atoms with van der Waals surface area (Å²) in [6, 6.07) is 8.27. The van der Waals surface area contributed by atoms with Crippen LogP contribution in [0.4, 0.5) is 0 Å². The number of likely N-dealkylation sites (tertiary alicyclic amines) is 1. The van der Waals surface area contributed by atoms with Gasteiger partial charge < -0.3 is 10.2 Å². The number of nitriles is 1. The number of nitrogens with one attached hydrogen (secondary N) is 1. The first kappa shape index (κ1) is 15.7. The van der Waals surface area contributed by atoms with Crippen molar-refractivity contribution in [2.45, 2.75) is 20.3 Å². The molecule has 1 aliphatic rings. The van der Waals surface area contributed by atoms with E-state index < -0.39 is 0 Å². The predicted molar refractivity (Wildman–Crippen MR) is 76.0 cm³/mol.